The molecule has 0 atom stereocenters. The molecule has 0 fully saturated rings. The lowest BCUT2D eigenvalue weighted by Crippen LogP contribution is -2.12. The van der Waals surface area contributed by atoms with Crippen LogP contribution in [-0.4, -0.2) is 29.4 Å². The molecule has 1 N–H and O–H groups in total. The molecule has 1 amide bonds. The van der Waals surface area contributed by atoms with Crippen LogP contribution in [-0.2, 0) is 0 Å². The average Bonchev–Trinajstić information content (AvgIpc) is 3.25. The number of halogens is 2. The van der Waals surface area contributed by atoms with Crippen molar-refractivity contribution < 1.29 is 23.0 Å². The zero-order valence-corrected chi connectivity index (χ0v) is 17.0. The Morgan fingerprint density at radius 1 is 1.00 bits per heavy atom. The van der Waals surface area contributed by atoms with Crippen LogP contribution in [0.5, 0.6) is 11.5 Å². The van der Waals surface area contributed by atoms with E-state index in [1.165, 1.54) is 18.2 Å². The second-order valence-electron chi connectivity index (χ2n) is 6.73. The second kappa shape index (κ2) is 9.30. The molecule has 0 unspecified atom stereocenters. The van der Waals surface area contributed by atoms with Crippen LogP contribution in [0.1, 0.15) is 10.4 Å². The summed E-state index contributed by atoms with van der Waals surface area (Å²) in [7, 11) is 1.54. The van der Waals surface area contributed by atoms with Crippen molar-refractivity contribution in [1.29, 1.82) is 0 Å². The van der Waals surface area contributed by atoms with E-state index >= 15 is 0 Å². The Kier molecular flexibility index (Phi) is 6.12. The number of anilines is 1. The highest BCUT2D eigenvalue weighted by molar-refractivity contribution is 6.08. The molecule has 0 saturated carbocycles. The van der Waals surface area contributed by atoms with Crippen LogP contribution >= 0.6 is 0 Å². The Morgan fingerprint density at radius 2 is 1.75 bits per heavy atom. The van der Waals surface area contributed by atoms with Crippen molar-refractivity contribution in [3.8, 4) is 28.4 Å². The molecule has 0 spiro atoms. The monoisotopic (exact) mass is 435 g/mol. The summed E-state index contributed by atoms with van der Waals surface area (Å²) in [5.74, 6) is 0.0530. The second-order valence-corrected chi connectivity index (χ2v) is 6.73. The van der Waals surface area contributed by atoms with Crippen molar-refractivity contribution in [3.05, 3.63) is 90.6 Å². The number of benzene rings is 3. The fourth-order valence-corrected chi connectivity index (χ4v) is 3.24. The maximum atomic E-state index is 13.2. The van der Waals surface area contributed by atoms with Gasteiger partial charge in [-0.05, 0) is 36.4 Å². The molecule has 3 aromatic carbocycles. The number of aromatic nitrogens is 2. The minimum Gasteiger partial charge on any atom is -0.496 e. The minimum absolute atomic E-state index is 0.0530. The Hall–Kier alpha value is -4.20. The summed E-state index contributed by atoms with van der Waals surface area (Å²) in [5.41, 5.74) is 2.44. The Balaban J connectivity index is 1.74. The molecule has 0 saturated heterocycles. The highest BCUT2D eigenvalue weighted by Gasteiger charge is 2.21. The minimum atomic E-state index is -2.96. The van der Waals surface area contributed by atoms with E-state index in [4.69, 9.17) is 4.74 Å². The molecule has 0 aliphatic heterocycles. The number of hydrogen-bond acceptors (Lipinski definition) is 4. The van der Waals surface area contributed by atoms with Gasteiger partial charge in [0.05, 0.1) is 18.4 Å². The van der Waals surface area contributed by atoms with Gasteiger partial charge in [0, 0.05) is 23.5 Å². The molecule has 1 heterocycles. The van der Waals surface area contributed by atoms with Crippen LogP contribution in [0.25, 0.3) is 16.9 Å². The van der Waals surface area contributed by atoms with Crippen LogP contribution in [0.15, 0.2) is 85.1 Å². The average molecular weight is 435 g/mol. The van der Waals surface area contributed by atoms with Crippen molar-refractivity contribution in [2.24, 2.45) is 0 Å². The predicted molar refractivity (Wildman–Crippen MR) is 117 cm³/mol. The van der Waals surface area contributed by atoms with E-state index in [9.17, 15) is 13.6 Å². The zero-order valence-electron chi connectivity index (χ0n) is 17.0. The first kappa shape index (κ1) is 21.0. The Morgan fingerprint density at radius 3 is 2.50 bits per heavy atom. The van der Waals surface area contributed by atoms with Gasteiger partial charge in [-0.25, -0.2) is 4.68 Å². The number of carbonyl (C=O) groups excluding carboxylic acids is 1. The molecule has 0 aliphatic rings. The third kappa shape index (κ3) is 4.59. The third-order valence-corrected chi connectivity index (χ3v) is 4.66. The van der Waals surface area contributed by atoms with Gasteiger partial charge in [0.1, 0.15) is 17.2 Å². The summed E-state index contributed by atoms with van der Waals surface area (Å²) in [6.07, 6.45) is 1.62. The number of para-hydroxylation sites is 2. The topological polar surface area (TPSA) is 65.4 Å². The molecule has 0 radical (unpaired) electrons. The Labute approximate surface area is 183 Å². The number of nitrogens with one attached hydrogen (secondary N) is 1. The van der Waals surface area contributed by atoms with E-state index in [1.807, 2.05) is 48.5 Å². The maximum absolute atomic E-state index is 13.2. The van der Waals surface area contributed by atoms with Gasteiger partial charge in [-0.1, -0.05) is 36.4 Å². The molecule has 0 bridgehead atoms. The summed E-state index contributed by atoms with van der Waals surface area (Å²) in [5, 5.41) is 7.36. The lowest BCUT2D eigenvalue weighted by atomic mass is 10.1. The van der Waals surface area contributed by atoms with Crippen LogP contribution in [0.3, 0.4) is 0 Å². The fraction of sp³-hybridized carbons (Fsp3) is 0.0833. The van der Waals surface area contributed by atoms with Gasteiger partial charge < -0.3 is 14.8 Å². The lowest BCUT2D eigenvalue weighted by Gasteiger charge is -2.10. The number of ether oxygens (including phenoxy) is 2. The van der Waals surface area contributed by atoms with Crippen molar-refractivity contribution in [2.45, 2.75) is 6.61 Å². The molecule has 8 heteroatoms. The van der Waals surface area contributed by atoms with Crippen molar-refractivity contribution in [1.82, 2.24) is 9.78 Å². The molecular weight excluding hydrogens is 416 g/mol. The van der Waals surface area contributed by atoms with Gasteiger partial charge in [-0.15, -0.1) is 0 Å². The summed E-state index contributed by atoms with van der Waals surface area (Å²) in [6.45, 7) is -2.96. The van der Waals surface area contributed by atoms with E-state index in [2.05, 4.69) is 15.2 Å². The smallest absolute Gasteiger partial charge is 0.387 e. The predicted octanol–water partition coefficient (Wildman–Crippen LogP) is 5.40. The number of amides is 1. The fourth-order valence-electron chi connectivity index (χ4n) is 3.24. The van der Waals surface area contributed by atoms with Gasteiger partial charge in [-0.3, -0.25) is 4.79 Å². The summed E-state index contributed by atoms with van der Waals surface area (Å²) in [4.78, 5) is 13.2. The number of rotatable bonds is 7. The van der Waals surface area contributed by atoms with Gasteiger partial charge in [0.25, 0.3) is 5.91 Å². The van der Waals surface area contributed by atoms with Crippen LogP contribution in [0, 0.1) is 0 Å². The van der Waals surface area contributed by atoms with Crippen LogP contribution in [0.4, 0.5) is 14.5 Å². The van der Waals surface area contributed by atoms with Gasteiger partial charge >= 0.3 is 6.61 Å². The molecule has 0 aliphatic carbocycles. The normalized spacial score (nSPS) is 10.8. The van der Waals surface area contributed by atoms with Gasteiger partial charge in [0.15, 0.2) is 0 Å². The van der Waals surface area contributed by atoms with Crippen molar-refractivity contribution in [3.63, 3.8) is 0 Å². The molecule has 4 aromatic rings. The summed E-state index contributed by atoms with van der Waals surface area (Å²) < 4.78 is 36.5. The van der Waals surface area contributed by atoms with Crippen molar-refractivity contribution >= 4 is 11.6 Å². The maximum Gasteiger partial charge on any atom is 0.387 e. The lowest BCUT2D eigenvalue weighted by molar-refractivity contribution is -0.0498. The molecular formula is C24H19F2N3O3. The largest absolute Gasteiger partial charge is 0.496 e. The quantitative estimate of drug-likeness (QED) is 0.422. The molecule has 1 aromatic heterocycles. The van der Waals surface area contributed by atoms with E-state index in [-0.39, 0.29) is 5.75 Å². The van der Waals surface area contributed by atoms with E-state index in [1.54, 1.807) is 30.1 Å². The first-order valence-corrected chi connectivity index (χ1v) is 9.70. The number of carbonyl (C=O) groups is 1. The van der Waals surface area contributed by atoms with Crippen molar-refractivity contribution in [2.75, 3.05) is 12.4 Å². The Bertz CT molecular complexity index is 1230. The number of alkyl halides is 2. The van der Waals surface area contributed by atoms with E-state index in [0.717, 1.165) is 5.69 Å². The van der Waals surface area contributed by atoms with E-state index in [0.29, 0.717) is 28.3 Å². The molecule has 6 nitrogen and oxygen atoms in total. The van der Waals surface area contributed by atoms with E-state index < -0.39 is 12.5 Å². The number of nitrogens with zero attached hydrogens (tertiary/aromatic N) is 2. The van der Waals surface area contributed by atoms with Gasteiger partial charge in [-0.2, -0.15) is 13.9 Å². The highest BCUT2D eigenvalue weighted by atomic mass is 19.3. The zero-order chi connectivity index (χ0) is 22.5. The molecule has 162 valence electrons. The first-order chi connectivity index (χ1) is 15.5. The summed E-state index contributed by atoms with van der Waals surface area (Å²) >= 11 is 0. The number of methoxy groups -OCH3 is 1. The molecule has 32 heavy (non-hydrogen) atoms. The summed E-state index contributed by atoms with van der Waals surface area (Å²) in [6, 6.07) is 22.4. The third-order valence-electron chi connectivity index (χ3n) is 4.66. The number of hydrogen-bond donors (Lipinski definition) is 1. The molecule has 4 rings (SSSR count). The SMILES string of the molecule is COc1ccccc1-c1nn(-c2ccccc2)cc1C(=O)Nc1cccc(OC(F)F)c1. The standard InChI is InChI=1S/C24H19F2N3O3/c1-31-21-13-6-5-12-19(21)22-20(15-29(28-22)17-9-3-2-4-10-17)23(30)27-16-8-7-11-18(14-16)32-24(25)26/h2-15,24H,1H3,(H,27,30). The van der Waals surface area contributed by atoms with Gasteiger partial charge in [0.2, 0.25) is 0 Å². The first-order valence-electron chi connectivity index (χ1n) is 9.70. The highest BCUT2D eigenvalue weighted by Crippen LogP contribution is 2.32. The van der Waals surface area contributed by atoms with Crippen LogP contribution in [0.2, 0.25) is 0 Å². The van der Waals surface area contributed by atoms with Crippen LogP contribution < -0.4 is 14.8 Å².